The number of rotatable bonds is 7. The maximum Gasteiger partial charge on any atom is 0.251 e. The molecule has 0 saturated carbocycles. The third kappa shape index (κ3) is 4.47. The number of amides is 1. The molecule has 1 atom stereocenters. The van der Waals surface area contributed by atoms with Crippen LogP contribution in [0.3, 0.4) is 0 Å². The molecule has 0 aliphatic carbocycles. The number of benzene rings is 2. The second kappa shape index (κ2) is 8.19. The summed E-state index contributed by atoms with van der Waals surface area (Å²) >= 11 is 0. The Morgan fingerprint density at radius 3 is 2.30 bits per heavy atom. The molecular weight excluding hydrogens is 294 g/mol. The van der Waals surface area contributed by atoms with Crippen LogP contribution in [0, 0.1) is 0 Å². The first-order chi connectivity index (χ1) is 11.2. The Kier molecular flexibility index (Phi) is 6.00. The van der Waals surface area contributed by atoms with Crippen molar-refractivity contribution in [3.05, 3.63) is 59.7 Å². The van der Waals surface area contributed by atoms with Gasteiger partial charge in [0.2, 0.25) is 0 Å². The second-order valence-electron chi connectivity index (χ2n) is 4.94. The van der Waals surface area contributed by atoms with Crippen molar-refractivity contribution in [2.24, 2.45) is 0 Å². The first-order valence-electron chi connectivity index (χ1n) is 7.27. The van der Waals surface area contributed by atoms with Crippen LogP contribution < -0.4 is 14.8 Å². The Bertz CT molecular complexity index is 657. The van der Waals surface area contributed by atoms with Gasteiger partial charge in [-0.15, -0.1) is 0 Å². The minimum Gasteiger partial charge on any atom is -0.497 e. The predicted molar refractivity (Wildman–Crippen MR) is 88.1 cm³/mol. The van der Waals surface area contributed by atoms with Crippen LogP contribution in [0.5, 0.6) is 11.5 Å². The lowest BCUT2D eigenvalue weighted by molar-refractivity contribution is 0.0827. The fourth-order valence-corrected chi connectivity index (χ4v) is 2.23. The highest BCUT2D eigenvalue weighted by atomic mass is 16.5. The van der Waals surface area contributed by atoms with Gasteiger partial charge in [0.1, 0.15) is 11.5 Å². The van der Waals surface area contributed by atoms with Crippen molar-refractivity contribution in [3.8, 4) is 11.5 Å². The first kappa shape index (κ1) is 16.8. The molecule has 5 heteroatoms. The molecule has 2 aromatic carbocycles. The predicted octanol–water partition coefficient (Wildman–Crippen LogP) is 2.82. The van der Waals surface area contributed by atoms with E-state index in [1.807, 2.05) is 24.3 Å². The van der Waals surface area contributed by atoms with Crippen LogP contribution in [0.1, 0.15) is 22.0 Å². The highest BCUT2D eigenvalue weighted by Crippen LogP contribution is 2.21. The molecule has 1 amide bonds. The minimum absolute atomic E-state index is 0.172. The lowest BCUT2D eigenvalue weighted by Gasteiger charge is -2.17. The molecular formula is C18H21NO4. The van der Waals surface area contributed by atoms with Gasteiger partial charge in [0.15, 0.2) is 0 Å². The monoisotopic (exact) mass is 315 g/mol. The van der Waals surface area contributed by atoms with Gasteiger partial charge in [-0.05, 0) is 35.9 Å². The van der Waals surface area contributed by atoms with E-state index in [4.69, 9.17) is 14.2 Å². The first-order valence-corrected chi connectivity index (χ1v) is 7.27. The van der Waals surface area contributed by atoms with Gasteiger partial charge in [-0.1, -0.05) is 18.2 Å². The molecule has 0 fully saturated rings. The molecule has 5 nitrogen and oxygen atoms in total. The van der Waals surface area contributed by atoms with Gasteiger partial charge in [-0.2, -0.15) is 0 Å². The van der Waals surface area contributed by atoms with Crippen LogP contribution in [-0.2, 0) is 4.74 Å². The van der Waals surface area contributed by atoms with Gasteiger partial charge >= 0.3 is 0 Å². The van der Waals surface area contributed by atoms with Crippen LogP contribution in [0.2, 0.25) is 0 Å². The maximum atomic E-state index is 12.2. The Labute approximate surface area is 136 Å². The summed E-state index contributed by atoms with van der Waals surface area (Å²) in [6, 6.07) is 14.6. The topological polar surface area (TPSA) is 56.8 Å². The van der Waals surface area contributed by atoms with Crippen molar-refractivity contribution < 1.29 is 19.0 Å². The summed E-state index contributed by atoms with van der Waals surface area (Å²) in [6.45, 7) is 0.361. The zero-order chi connectivity index (χ0) is 16.7. The summed E-state index contributed by atoms with van der Waals surface area (Å²) in [6.07, 6.45) is -0.250. The van der Waals surface area contributed by atoms with E-state index in [2.05, 4.69) is 5.32 Å². The smallest absolute Gasteiger partial charge is 0.251 e. The molecule has 2 aromatic rings. The van der Waals surface area contributed by atoms with E-state index >= 15 is 0 Å². The molecule has 0 saturated heterocycles. The number of ether oxygens (including phenoxy) is 3. The number of hydrogen-bond donors (Lipinski definition) is 1. The molecule has 0 spiro atoms. The summed E-state index contributed by atoms with van der Waals surface area (Å²) in [5, 5.41) is 2.88. The van der Waals surface area contributed by atoms with Gasteiger partial charge in [0, 0.05) is 19.2 Å². The van der Waals surface area contributed by atoms with Crippen LogP contribution in [0.4, 0.5) is 0 Å². The number of methoxy groups -OCH3 is 3. The lowest BCUT2D eigenvalue weighted by atomic mass is 10.1. The Morgan fingerprint density at radius 2 is 1.65 bits per heavy atom. The molecule has 0 aromatic heterocycles. The molecule has 0 radical (unpaired) electrons. The second-order valence-corrected chi connectivity index (χ2v) is 4.94. The zero-order valence-corrected chi connectivity index (χ0v) is 13.5. The highest BCUT2D eigenvalue weighted by Gasteiger charge is 2.14. The van der Waals surface area contributed by atoms with E-state index < -0.39 is 0 Å². The Hall–Kier alpha value is -2.53. The average molecular weight is 315 g/mol. The molecule has 0 heterocycles. The highest BCUT2D eigenvalue weighted by molar-refractivity contribution is 5.94. The fourth-order valence-electron chi connectivity index (χ4n) is 2.23. The van der Waals surface area contributed by atoms with Crippen LogP contribution in [-0.4, -0.2) is 33.8 Å². The van der Waals surface area contributed by atoms with E-state index in [1.54, 1.807) is 45.6 Å². The molecule has 1 N–H and O–H groups in total. The van der Waals surface area contributed by atoms with Crippen LogP contribution in [0.15, 0.2) is 48.5 Å². The summed E-state index contributed by atoms with van der Waals surface area (Å²) in [5.74, 6) is 1.23. The van der Waals surface area contributed by atoms with E-state index in [9.17, 15) is 4.79 Å². The third-order valence-electron chi connectivity index (χ3n) is 3.53. The van der Waals surface area contributed by atoms with Crippen molar-refractivity contribution in [2.75, 3.05) is 27.9 Å². The van der Waals surface area contributed by atoms with Crippen molar-refractivity contribution >= 4 is 5.91 Å². The summed E-state index contributed by atoms with van der Waals surface area (Å²) in [5.41, 5.74) is 1.49. The van der Waals surface area contributed by atoms with Crippen molar-refractivity contribution in [2.45, 2.75) is 6.10 Å². The van der Waals surface area contributed by atoms with Crippen molar-refractivity contribution in [1.29, 1.82) is 0 Å². The lowest BCUT2D eigenvalue weighted by Crippen LogP contribution is -2.29. The number of nitrogens with one attached hydrogen (secondary N) is 1. The molecule has 23 heavy (non-hydrogen) atoms. The van der Waals surface area contributed by atoms with E-state index in [0.29, 0.717) is 17.9 Å². The van der Waals surface area contributed by atoms with Crippen LogP contribution in [0.25, 0.3) is 0 Å². The summed E-state index contributed by atoms with van der Waals surface area (Å²) in [4.78, 5) is 12.2. The number of carbonyl (C=O) groups excluding carboxylic acids is 1. The quantitative estimate of drug-likeness (QED) is 0.853. The minimum atomic E-state index is -0.250. The van der Waals surface area contributed by atoms with Gasteiger partial charge in [-0.25, -0.2) is 0 Å². The third-order valence-corrected chi connectivity index (χ3v) is 3.53. The van der Waals surface area contributed by atoms with E-state index in [0.717, 1.165) is 11.3 Å². The van der Waals surface area contributed by atoms with Crippen molar-refractivity contribution in [3.63, 3.8) is 0 Å². The SMILES string of the molecule is COc1cccc(C(=O)NCC(OC)c2cccc(OC)c2)c1. The summed E-state index contributed by atoms with van der Waals surface area (Å²) in [7, 11) is 4.80. The molecule has 0 aliphatic rings. The van der Waals surface area contributed by atoms with Gasteiger partial charge in [0.25, 0.3) is 5.91 Å². The molecule has 2 rings (SSSR count). The van der Waals surface area contributed by atoms with E-state index in [-0.39, 0.29) is 12.0 Å². The van der Waals surface area contributed by atoms with Crippen molar-refractivity contribution in [1.82, 2.24) is 5.32 Å². The zero-order valence-electron chi connectivity index (χ0n) is 13.5. The molecule has 0 aliphatic heterocycles. The average Bonchev–Trinajstić information content (AvgIpc) is 2.62. The van der Waals surface area contributed by atoms with E-state index in [1.165, 1.54) is 0 Å². The largest absolute Gasteiger partial charge is 0.497 e. The fraction of sp³-hybridized carbons (Fsp3) is 0.278. The molecule has 1 unspecified atom stereocenters. The van der Waals surface area contributed by atoms with Crippen LogP contribution >= 0.6 is 0 Å². The van der Waals surface area contributed by atoms with Gasteiger partial charge in [-0.3, -0.25) is 4.79 Å². The molecule has 0 bridgehead atoms. The van der Waals surface area contributed by atoms with Gasteiger partial charge in [0.05, 0.1) is 20.3 Å². The Morgan fingerprint density at radius 1 is 1.00 bits per heavy atom. The summed E-state index contributed by atoms with van der Waals surface area (Å²) < 4.78 is 15.8. The molecule has 122 valence electrons. The maximum absolute atomic E-state index is 12.2. The van der Waals surface area contributed by atoms with Gasteiger partial charge < -0.3 is 19.5 Å². The number of hydrogen-bond acceptors (Lipinski definition) is 4. The standard InChI is InChI=1S/C18H21NO4/c1-21-15-8-4-6-13(10-15)17(23-3)12-19-18(20)14-7-5-9-16(11-14)22-2/h4-11,17H,12H2,1-3H3,(H,19,20). The number of carbonyl (C=O) groups is 1. The normalized spacial score (nSPS) is 11.6. The Balaban J connectivity index is 2.03.